The molecule has 0 unspecified atom stereocenters. The molecule has 6 rings (SSSR count). The Hall–Kier alpha value is -3.42. The van der Waals surface area contributed by atoms with E-state index in [2.05, 4.69) is 41.1 Å². The monoisotopic (exact) mass is 542 g/mol. The van der Waals surface area contributed by atoms with Crippen LogP contribution in [-0.2, 0) is 11.3 Å². The molecular weight excluding hydrogens is 500 g/mol. The highest BCUT2D eigenvalue weighted by Crippen LogP contribution is 2.56. The Bertz CT molecular complexity index is 1360. The minimum atomic E-state index is -0.474. The fraction of sp³-hybridized carbons (Fsp3) is 0.562. The zero-order chi connectivity index (χ0) is 28.1. The van der Waals surface area contributed by atoms with Gasteiger partial charge in [0.25, 0.3) is 0 Å². The van der Waals surface area contributed by atoms with E-state index in [1.807, 2.05) is 42.7 Å². The number of allylic oxidation sites excluding steroid dienone is 2. The van der Waals surface area contributed by atoms with Crippen molar-refractivity contribution in [2.75, 3.05) is 19.6 Å². The zero-order valence-corrected chi connectivity index (χ0v) is 24.1. The molecule has 1 aromatic heterocycles. The van der Waals surface area contributed by atoms with Crippen LogP contribution in [0.2, 0.25) is 0 Å². The topological polar surface area (TPSA) is 98.1 Å². The zero-order valence-electron chi connectivity index (χ0n) is 24.1. The van der Waals surface area contributed by atoms with Crippen LogP contribution in [0.4, 0.5) is 4.79 Å². The Labute approximate surface area is 237 Å². The molecule has 1 amide bonds. The van der Waals surface area contributed by atoms with Crippen LogP contribution in [0.15, 0.2) is 58.0 Å². The summed E-state index contributed by atoms with van der Waals surface area (Å²) in [4.78, 5) is 23.8. The Kier molecular flexibility index (Phi) is 6.83. The summed E-state index contributed by atoms with van der Waals surface area (Å²) in [5.74, 6) is 1.41. The smallest absolute Gasteiger partial charge is 0.410 e. The second-order valence-electron chi connectivity index (χ2n) is 13.4. The molecule has 1 spiro atoms. The number of aliphatic imine (C=N–C) groups is 2. The van der Waals surface area contributed by atoms with Crippen molar-refractivity contribution < 1.29 is 9.53 Å². The maximum atomic E-state index is 12.6. The predicted molar refractivity (Wildman–Crippen MR) is 158 cm³/mol. The Balaban J connectivity index is 1.12. The van der Waals surface area contributed by atoms with Crippen molar-refractivity contribution in [3.05, 3.63) is 64.7 Å². The molecule has 3 fully saturated rings. The molecule has 40 heavy (non-hydrogen) atoms. The molecular formula is C32H42N6O2. The molecule has 2 aliphatic carbocycles. The van der Waals surface area contributed by atoms with Crippen LogP contribution in [0.25, 0.3) is 0 Å². The number of aromatic nitrogens is 2. The lowest BCUT2D eigenvalue weighted by Gasteiger charge is -2.48. The van der Waals surface area contributed by atoms with Gasteiger partial charge >= 0.3 is 6.09 Å². The average molecular weight is 543 g/mol. The lowest BCUT2D eigenvalue weighted by atomic mass is 9.57. The van der Waals surface area contributed by atoms with Gasteiger partial charge in [0.05, 0.1) is 18.5 Å². The van der Waals surface area contributed by atoms with Gasteiger partial charge in [-0.2, -0.15) is 5.10 Å². The lowest BCUT2D eigenvalue weighted by molar-refractivity contribution is 0.0103. The molecule has 1 saturated heterocycles. The SMILES string of the molecule is C=NC1=C(N)[C@@H](C2CC3(CCN(C(=O)OC(C)(C)C)C3)C2)CCN=C1c1cnn(Cc2cccc(C3CC3)c2)c1. The van der Waals surface area contributed by atoms with Gasteiger partial charge in [-0.25, -0.2) is 4.79 Å². The summed E-state index contributed by atoms with van der Waals surface area (Å²) >= 11 is 0. The van der Waals surface area contributed by atoms with Crippen molar-refractivity contribution in [3.63, 3.8) is 0 Å². The highest BCUT2D eigenvalue weighted by molar-refractivity contribution is 6.13. The van der Waals surface area contributed by atoms with E-state index in [4.69, 9.17) is 15.5 Å². The number of benzene rings is 1. The van der Waals surface area contributed by atoms with Gasteiger partial charge in [-0.05, 0) is 94.4 Å². The van der Waals surface area contributed by atoms with E-state index in [-0.39, 0.29) is 17.4 Å². The van der Waals surface area contributed by atoms with Crippen LogP contribution in [0.5, 0.6) is 0 Å². The first-order valence-corrected chi connectivity index (χ1v) is 14.7. The third-order valence-electron chi connectivity index (χ3n) is 9.07. The number of carbonyl (C=O) groups is 1. The van der Waals surface area contributed by atoms with Crippen LogP contribution in [0.1, 0.15) is 81.9 Å². The fourth-order valence-corrected chi connectivity index (χ4v) is 6.95. The van der Waals surface area contributed by atoms with E-state index < -0.39 is 5.60 Å². The summed E-state index contributed by atoms with van der Waals surface area (Å²) in [5.41, 5.74) is 12.4. The van der Waals surface area contributed by atoms with Crippen molar-refractivity contribution in [2.45, 2.75) is 77.4 Å². The van der Waals surface area contributed by atoms with E-state index >= 15 is 0 Å². The minimum absolute atomic E-state index is 0.178. The van der Waals surface area contributed by atoms with E-state index in [0.29, 0.717) is 18.2 Å². The van der Waals surface area contributed by atoms with Crippen molar-refractivity contribution in [1.82, 2.24) is 14.7 Å². The van der Waals surface area contributed by atoms with Gasteiger partial charge in [0, 0.05) is 43.0 Å². The van der Waals surface area contributed by atoms with Crippen molar-refractivity contribution >= 4 is 18.5 Å². The third-order valence-corrected chi connectivity index (χ3v) is 9.07. The first-order valence-electron chi connectivity index (χ1n) is 14.7. The quantitative estimate of drug-likeness (QED) is 0.486. The first kappa shape index (κ1) is 26.8. The molecule has 3 heterocycles. The number of likely N-dealkylation sites (tertiary alicyclic amines) is 1. The molecule has 2 aromatic rings. The van der Waals surface area contributed by atoms with E-state index in [9.17, 15) is 4.79 Å². The van der Waals surface area contributed by atoms with Crippen molar-refractivity contribution in [3.8, 4) is 0 Å². The number of rotatable bonds is 6. The van der Waals surface area contributed by atoms with E-state index in [0.717, 1.165) is 68.2 Å². The van der Waals surface area contributed by atoms with Crippen LogP contribution in [0, 0.1) is 17.3 Å². The fourth-order valence-electron chi connectivity index (χ4n) is 6.95. The Morgan fingerprint density at radius 3 is 2.77 bits per heavy atom. The number of hydrogen-bond acceptors (Lipinski definition) is 6. The van der Waals surface area contributed by atoms with Crippen molar-refractivity contribution in [2.24, 2.45) is 33.0 Å². The molecule has 4 aliphatic rings. The van der Waals surface area contributed by atoms with Crippen molar-refractivity contribution in [1.29, 1.82) is 0 Å². The molecule has 2 aliphatic heterocycles. The van der Waals surface area contributed by atoms with Gasteiger partial charge in [-0.15, -0.1) is 0 Å². The standard InChI is InChI=1S/C32H42N6O2/c1-31(2,3)40-30(39)37-13-11-32(20-37)15-24(16-32)26-10-12-35-28(29(34-4)27(26)33)25-17-36-38(19-25)18-21-6-5-7-23(14-21)22-8-9-22/h5-7,14,17,19,22,24,26H,4,8-13,15-16,18,20,33H2,1-3H3/t24?,26-,32?/m1/s1. The van der Waals surface area contributed by atoms with Gasteiger partial charge < -0.3 is 15.4 Å². The molecule has 0 radical (unpaired) electrons. The molecule has 2 saturated carbocycles. The maximum Gasteiger partial charge on any atom is 0.410 e. The van der Waals surface area contributed by atoms with Gasteiger partial charge in [0.2, 0.25) is 0 Å². The molecule has 8 heteroatoms. The normalized spacial score (nSPS) is 26.9. The highest BCUT2D eigenvalue weighted by atomic mass is 16.6. The summed E-state index contributed by atoms with van der Waals surface area (Å²) in [5, 5.41) is 4.64. The number of carbonyl (C=O) groups excluding carboxylic acids is 1. The number of nitrogens with two attached hydrogens (primary N) is 1. The summed E-state index contributed by atoms with van der Waals surface area (Å²) in [7, 11) is 0. The predicted octanol–water partition coefficient (Wildman–Crippen LogP) is 5.53. The number of ether oxygens (including phenoxy) is 1. The number of nitrogens with zero attached hydrogens (tertiary/aromatic N) is 5. The molecule has 2 N–H and O–H groups in total. The number of amides is 1. The summed E-state index contributed by atoms with van der Waals surface area (Å²) in [6.45, 7) is 12.6. The van der Waals surface area contributed by atoms with Crippen LogP contribution < -0.4 is 5.73 Å². The van der Waals surface area contributed by atoms with Crippen LogP contribution in [-0.4, -0.2) is 58.4 Å². The average Bonchev–Trinajstić information content (AvgIpc) is 3.52. The van der Waals surface area contributed by atoms with Crippen LogP contribution in [0.3, 0.4) is 0 Å². The summed E-state index contributed by atoms with van der Waals surface area (Å²) < 4.78 is 7.58. The molecule has 0 bridgehead atoms. The molecule has 212 valence electrons. The second kappa shape index (κ2) is 10.2. The first-order chi connectivity index (χ1) is 19.1. The maximum absolute atomic E-state index is 12.6. The van der Waals surface area contributed by atoms with Gasteiger partial charge in [-0.1, -0.05) is 24.3 Å². The largest absolute Gasteiger partial charge is 0.444 e. The van der Waals surface area contributed by atoms with E-state index in [1.165, 1.54) is 24.0 Å². The molecule has 8 nitrogen and oxygen atoms in total. The van der Waals surface area contributed by atoms with E-state index in [1.54, 1.807) is 0 Å². The lowest BCUT2D eigenvalue weighted by Crippen LogP contribution is -2.45. The molecule has 1 aromatic carbocycles. The second-order valence-corrected chi connectivity index (χ2v) is 13.4. The van der Waals surface area contributed by atoms with Gasteiger partial charge in [0.15, 0.2) is 0 Å². The van der Waals surface area contributed by atoms with Crippen LogP contribution >= 0.6 is 0 Å². The minimum Gasteiger partial charge on any atom is -0.444 e. The summed E-state index contributed by atoms with van der Waals surface area (Å²) in [6, 6.07) is 8.86. The molecule has 1 atom stereocenters. The number of hydrogen-bond donors (Lipinski definition) is 1. The third kappa shape index (κ3) is 5.45. The highest BCUT2D eigenvalue weighted by Gasteiger charge is 2.52. The Morgan fingerprint density at radius 2 is 2.05 bits per heavy atom. The Morgan fingerprint density at radius 1 is 1.25 bits per heavy atom. The van der Waals surface area contributed by atoms with Gasteiger partial charge in [0.1, 0.15) is 11.3 Å². The van der Waals surface area contributed by atoms with Gasteiger partial charge in [-0.3, -0.25) is 14.7 Å². The summed E-state index contributed by atoms with van der Waals surface area (Å²) in [6.07, 6.45) is 10.4.